The van der Waals surface area contributed by atoms with Gasteiger partial charge in [-0.1, -0.05) is 0 Å². The second-order valence-electron chi connectivity index (χ2n) is 5.48. The molecule has 0 bridgehead atoms. The molecule has 2 aliphatic rings. The van der Waals surface area contributed by atoms with Gasteiger partial charge in [0.25, 0.3) is 0 Å². The van der Waals surface area contributed by atoms with Crippen LogP contribution in [0.1, 0.15) is 26.2 Å². The van der Waals surface area contributed by atoms with Crippen molar-refractivity contribution in [3.63, 3.8) is 0 Å². The second-order valence-corrected chi connectivity index (χ2v) is 5.48. The lowest BCUT2D eigenvalue weighted by atomic mass is 9.86. The van der Waals surface area contributed by atoms with Crippen LogP contribution in [0.5, 0.6) is 0 Å². The van der Waals surface area contributed by atoms with Crippen molar-refractivity contribution in [3.8, 4) is 0 Å². The minimum Gasteiger partial charge on any atom is -0.384 e. The summed E-state index contributed by atoms with van der Waals surface area (Å²) in [5, 5.41) is 0. The van der Waals surface area contributed by atoms with Gasteiger partial charge in [0.2, 0.25) is 0 Å². The van der Waals surface area contributed by atoms with Crippen LogP contribution >= 0.6 is 0 Å². The van der Waals surface area contributed by atoms with Crippen LogP contribution in [-0.4, -0.2) is 56.5 Å². The fourth-order valence-electron chi connectivity index (χ4n) is 3.42. The van der Waals surface area contributed by atoms with E-state index in [4.69, 9.17) is 15.2 Å². The van der Waals surface area contributed by atoms with Crippen molar-refractivity contribution in [1.82, 2.24) is 4.90 Å². The van der Waals surface area contributed by atoms with Gasteiger partial charge in [0.1, 0.15) is 0 Å². The number of rotatable bonds is 4. The van der Waals surface area contributed by atoms with Crippen LogP contribution in [-0.2, 0) is 9.47 Å². The van der Waals surface area contributed by atoms with E-state index in [1.165, 1.54) is 12.8 Å². The topological polar surface area (TPSA) is 47.7 Å². The maximum atomic E-state index is 6.06. The van der Waals surface area contributed by atoms with Crippen molar-refractivity contribution in [1.29, 1.82) is 0 Å². The van der Waals surface area contributed by atoms with E-state index in [1.807, 2.05) is 0 Å². The third-order valence-corrected chi connectivity index (χ3v) is 4.56. The lowest BCUT2D eigenvalue weighted by Crippen LogP contribution is -2.60. The van der Waals surface area contributed by atoms with Crippen LogP contribution in [0.3, 0.4) is 0 Å². The Hall–Kier alpha value is -0.160. The van der Waals surface area contributed by atoms with Crippen LogP contribution in [0, 0.1) is 5.92 Å². The molecule has 0 spiro atoms. The highest BCUT2D eigenvalue weighted by molar-refractivity contribution is 5.01. The molecule has 2 saturated heterocycles. The summed E-state index contributed by atoms with van der Waals surface area (Å²) in [5.41, 5.74) is 6.13. The monoisotopic (exact) mass is 242 g/mol. The molecule has 2 fully saturated rings. The van der Waals surface area contributed by atoms with Gasteiger partial charge in [-0.05, 0) is 38.6 Å². The summed E-state index contributed by atoms with van der Waals surface area (Å²) < 4.78 is 11.1. The zero-order valence-corrected chi connectivity index (χ0v) is 11.2. The van der Waals surface area contributed by atoms with Gasteiger partial charge in [0.15, 0.2) is 0 Å². The van der Waals surface area contributed by atoms with Crippen molar-refractivity contribution in [3.05, 3.63) is 0 Å². The van der Waals surface area contributed by atoms with E-state index in [9.17, 15) is 0 Å². The molecule has 3 atom stereocenters. The third-order valence-electron chi connectivity index (χ3n) is 4.56. The molecule has 2 rings (SSSR count). The minimum atomic E-state index is 0.0758. The third kappa shape index (κ3) is 2.50. The summed E-state index contributed by atoms with van der Waals surface area (Å²) in [6.07, 6.45) is 3.86. The molecule has 2 N–H and O–H groups in total. The predicted octanol–water partition coefficient (Wildman–Crippen LogP) is 0.851. The van der Waals surface area contributed by atoms with Crippen molar-refractivity contribution in [2.24, 2.45) is 11.7 Å². The van der Waals surface area contributed by atoms with E-state index in [-0.39, 0.29) is 11.6 Å². The van der Waals surface area contributed by atoms with Gasteiger partial charge in [-0.3, -0.25) is 4.90 Å². The van der Waals surface area contributed by atoms with Gasteiger partial charge < -0.3 is 15.2 Å². The van der Waals surface area contributed by atoms with Gasteiger partial charge in [0, 0.05) is 26.8 Å². The number of ether oxygens (including phenoxy) is 2. The quantitative estimate of drug-likeness (QED) is 0.794. The molecule has 17 heavy (non-hydrogen) atoms. The average Bonchev–Trinajstić information content (AvgIpc) is 2.72. The first-order chi connectivity index (χ1) is 8.23. The molecular weight excluding hydrogens is 216 g/mol. The summed E-state index contributed by atoms with van der Waals surface area (Å²) in [6, 6.07) is 0. The van der Waals surface area contributed by atoms with Crippen LogP contribution in [0.4, 0.5) is 0 Å². The number of hydrogen-bond donors (Lipinski definition) is 1. The highest BCUT2D eigenvalue weighted by Crippen LogP contribution is 2.34. The molecule has 4 nitrogen and oxygen atoms in total. The van der Waals surface area contributed by atoms with Gasteiger partial charge in [-0.25, -0.2) is 0 Å². The smallest absolute Gasteiger partial charge is 0.0743 e. The molecule has 4 heteroatoms. The van der Waals surface area contributed by atoms with E-state index in [1.54, 1.807) is 7.11 Å². The first-order valence-electron chi connectivity index (χ1n) is 6.78. The Balaban J connectivity index is 2.04. The number of nitrogens with two attached hydrogens (primary N) is 1. The van der Waals surface area contributed by atoms with E-state index in [0.717, 1.165) is 32.7 Å². The molecule has 0 amide bonds. The number of hydrogen-bond acceptors (Lipinski definition) is 4. The minimum absolute atomic E-state index is 0.0758. The Labute approximate surface area is 104 Å². The summed E-state index contributed by atoms with van der Waals surface area (Å²) >= 11 is 0. The lowest BCUT2D eigenvalue weighted by molar-refractivity contribution is -0.0185. The highest BCUT2D eigenvalue weighted by atomic mass is 16.5. The summed E-state index contributed by atoms with van der Waals surface area (Å²) in [6.45, 7) is 6.85. The molecule has 100 valence electrons. The van der Waals surface area contributed by atoms with Crippen LogP contribution in [0.25, 0.3) is 0 Å². The van der Waals surface area contributed by atoms with Crippen LogP contribution in [0.15, 0.2) is 0 Å². The van der Waals surface area contributed by atoms with Crippen molar-refractivity contribution in [2.75, 3.05) is 40.0 Å². The van der Waals surface area contributed by atoms with E-state index < -0.39 is 0 Å². The predicted molar refractivity (Wildman–Crippen MR) is 68.0 cm³/mol. The SMILES string of the molecule is COCC1CCCN(C2(CN)CCOC2C)C1. The molecule has 0 saturated carbocycles. The number of methoxy groups -OCH3 is 1. The first-order valence-corrected chi connectivity index (χ1v) is 6.78. The van der Waals surface area contributed by atoms with Crippen molar-refractivity contribution >= 4 is 0 Å². The molecule has 3 unspecified atom stereocenters. The van der Waals surface area contributed by atoms with E-state index >= 15 is 0 Å². The molecule has 2 aliphatic heterocycles. The Bertz CT molecular complexity index is 248. The normalized spacial score (nSPS) is 39.7. The summed E-state index contributed by atoms with van der Waals surface area (Å²) in [5.74, 6) is 0.657. The van der Waals surface area contributed by atoms with Gasteiger partial charge in [-0.15, -0.1) is 0 Å². The maximum Gasteiger partial charge on any atom is 0.0743 e. The Kier molecular flexibility index (Phi) is 4.42. The molecule has 0 aromatic heterocycles. The van der Waals surface area contributed by atoms with Gasteiger partial charge >= 0.3 is 0 Å². The fourth-order valence-corrected chi connectivity index (χ4v) is 3.42. The zero-order valence-electron chi connectivity index (χ0n) is 11.2. The first kappa shape index (κ1) is 13.3. The molecule has 0 aliphatic carbocycles. The second kappa shape index (κ2) is 5.65. The Morgan fingerprint density at radius 3 is 2.94 bits per heavy atom. The van der Waals surface area contributed by atoms with Gasteiger partial charge in [-0.2, -0.15) is 0 Å². The largest absolute Gasteiger partial charge is 0.384 e. The molecular formula is C13H26N2O2. The number of likely N-dealkylation sites (tertiary alicyclic amines) is 1. The summed E-state index contributed by atoms with van der Waals surface area (Å²) in [7, 11) is 1.79. The Morgan fingerprint density at radius 1 is 1.53 bits per heavy atom. The Morgan fingerprint density at radius 2 is 2.35 bits per heavy atom. The van der Waals surface area contributed by atoms with E-state index in [2.05, 4.69) is 11.8 Å². The van der Waals surface area contributed by atoms with Crippen LogP contribution in [0.2, 0.25) is 0 Å². The summed E-state index contributed by atoms with van der Waals surface area (Å²) in [4.78, 5) is 2.57. The molecule has 0 aromatic carbocycles. The molecule has 2 heterocycles. The van der Waals surface area contributed by atoms with Crippen molar-refractivity contribution in [2.45, 2.75) is 37.8 Å². The number of nitrogens with zero attached hydrogens (tertiary/aromatic N) is 1. The van der Waals surface area contributed by atoms with E-state index in [0.29, 0.717) is 12.5 Å². The number of piperidine rings is 1. The molecule has 0 aromatic rings. The zero-order chi connectivity index (χ0) is 12.3. The van der Waals surface area contributed by atoms with Crippen LogP contribution < -0.4 is 5.73 Å². The molecule has 0 radical (unpaired) electrons. The van der Waals surface area contributed by atoms with Crippen molar-refractivity contribution < 1.29 is 9.47 Å². The highest BCUT2D eigenvalue weighted by Gasteiger charge is 2.46. The van der Waals surface area contributed by atoms with Gasteiger partial charge in [0.05, 0.1) is 18.2 Å². The fraction of sp³-hybridized carbons (Fsp3) is 1.00. The standard InChI is InChI=1S/C13H26N2O2/c1-11-13(10-14,5-7-17-11)15-6-3-4-12(8-15)9-16-2/h11-12H,3-10,14H2,1-2H3. The lowest BCUT2D eigenvalue weighted by Gasteiger charge is -2.46. The maximum absolute atomic E-state index is 6.06. The average molecular weight is 242 g/mol.